The largest absolute Gasteiger partial charge is 0.311 e. The highest BCUT2D eigenvalue weighted by molar-refractivity contribution is 5.95. The van der Waals surface area contributed by atoms with Crippen LogP contribution in [0, 0.1) is 0 Å². The third-order valence-corrected chi connectivity index (χ3v) is 6.68. The molecule has 0 radical (unpaired) electrons. The minimum atomic E-state index is -0.408. The number of aromatic nitrogens is 4. The van der Waals surface area contributed by atoms with Crippen LogP contribution >= 0.6 is 0 Å². The molecule has 188 valence electrons. The fraction of sp³-hybridized carbons (Fsp3) is 0.250. The third-order valence-electron chi connectivity index (χ3n) is 6.68. The molecule has 9 nitrogen and oxygen atoms in total. The highest BCUT2D eigenvalue weighted by Crippen LogP contribution is 2.37. The lowest BCUT2D eigenvalue weighted by Crippen LogP contribution is -2.53. The molecule has 0 unspecified atom stereocenters. The predicted octanol–water partition coefficient (Wildman–Crippen LogP) is 4.23. The topological polar surface area (TPSA) is 100 Å². The summed E-state index contributed by atoms with van der Waals surface area (Å²) >= 11 is 0. The van der Waals surface area contributed by atoms with E-state index in [-0.39, 0.29) is 5.91 Å². The van der Waals surface area contributed by atoms with Crippen molar-refractivity contribution in [3.8, 4) is 5.69 Å². The molecular weight excluding hydrogens is 464 g/mol. The Labute approximate surface area is 216 Å². The second kappa shape index (κ2) is 11.1. The van der Waals surface area contributed by atoms with Crippen LogP contribution in [0.1, 0.15) is 53.8 Å². The number of nitrogens with zero attached hydrogens (tertiary/aromatic N) is 6. The van der Waals surface area contributed by atoms with Crippen LogP contribution in [-0.4, -0.2) is 39.4 Å². The molecule has 3 aromatic carbocycles. The van der Waals surface area contributed by atoms with Crippen molar-refractivity contribution >= 4 is 17.8 Å². The van der Waals surface area contributed by atoms with E-state index in [0.29, 0.717) is 5.56 Å². The molecule has 4 aromatic rings. The first-order valence-corrected chi connectivity index (χ1v) is 12.5. The highest BCUT2D eigenvalue weighted by atomic mass is 16.2. The zero-order valence-electron chi connectivity index (χ0n) is 20.8. The lowest BCUT2D eigenvalue weighted by molar-refractivity contribution is 0.0955. The summed E-state index contributed by atoms with van der Waals surface area (Å²) in [7, 11) is 2.02. The van der Waals surface area contributed by atoms with Gasteiger partial charge in [0.25, 0.3) is 5.91 Å². The normalized spacial score (nSPS) is 14.9. The van der Waals surface area contributed by atoms with E-state index in [1.54, 1.807) is 23.0 Å². The number of anilines is 1. The number of rotatable bonds is 8. The number of carbonyl (C=O) groups is 1. The molecule has 0 aliphatic heterocycles. The van der Waals surface area contributed by atoms with Gasteiger partial charge in [-0.2, -0.15) is 9.78 Å². The standard InChI is InChI=1S/C28H30N8O/c1-35(24-13-7-3-8-14-24)32-28(19-9-4-10-20-28)27-31-33-34-36(27)25-17-15-23(16-18-25)26(37)30-29-21-22-11-5-2-6-12-22/h2-3,5-8,11-18,21,32H,4,9-10,19-20H2,1H3,(H,30,37)/b29-21-. The molecule has 0 spiro atoms. The van der Waals surface area contributed by atoms with Gasteiger partial charge in [-0.1, -0.05) is 67.8 Å². The molecule has 1 aliphatic rings. The summed E-state index contributed by atoms with van der Waals surface area (Å²) in [5.41, 5.74) is 9.15. The molecular formula is C28H30N8O. The maximum absolute atomic E-state index is 12.6. The average Bonchev–Trinajstić information content (AvgIpc) is 3.46. The second-order valence-corrected chi connectivity index (χ2v) is 9.22. The monoisotopic (exact) mass is 494 g/mol. The fourth-order valence-electron chi connectivity index (χ4n) is 4.76. The summed E-state index contributed by atoms with van der Waals surface area (Å²) < 4.78 is 1.77. The molecule has 1 aromatic heterocycles. The van der Waals surface area contributed by atoms with Crippen LogP contribution in [0.25, 0.3) is 5.69 Å². The Balaban J connectivity index is 1.35. The van der Waals surface area contributed by atoms with Crippen LogP contribution in [0.2, 0.25) is 0 Å². The van der Waals surface area contributed by atoms with E-state index in [0.717, 1.165) is 48.4 Å². The van der Waals surface area contributed by atoms with Crippen LogP contribution in [0.4, 0.5) is 5.69 Å². The van der Waals surface area contributed by atoms with Gasteiger partial charge in [0.2, 0.25) is 0 Å². The van der Waals surface area contributed by atoms with E-state index >= 15 is 0 Å². The molecule has 1 saturated carbocycles. The van der Waals surface area contributed by atoms with E-state index in [4.69, 9.17) is 0 Å². The van der Waals surface area contributed by atoms with Gasteiger partial charge < -0.3 is 5.01 Å². The summed E-state index contributed by atoms with van der Waals surface area (Å²) in [5.74, 6) is 0.477. The van der Waals surface area contributed by atoms with Crippen LogP contribution in [-0.2, 0) is 5.54 Å². The second-order valence-electron chi connectivity index (χ2n) is 9.22. The minimum Gasteiger partial charge on any atom is -0.311 e. The molecule has 9 heteroatoms. The van der Waals surface area contributed by atoms with Crippen LogP contribution in [0.5, 0.6) is 0 Å². The van der Waals surface area contributed by atoms with Gasteiger partial charge in [0.1, 0.15) is 0 Å². The molecule has 1 fully saturated rings. The van der Waals surface area contributed by atoms with Crippen molar-refractivity contribution in [3.63, 3.8) is 0 Å². The summed E-state index contributed by atoms with van der Waals surface area (Å²) in [5, 5.41) is 18.9. The Bertz CT molecular complexity index is 1330. The van der Waals surface area contributed by atoms with Gasteiger partial charge in [-0.15, -0.1) is 5.10 Å². The van der Waals surface area contributed by atoms with Gasteiger partial charge in [-0.3, -0.25) is 4.79 Å². The van der Waals surface area contributed by atoms with Crippen molar-refractivity contribution in [2.24, 2.45) is 5.10 Å². The number of amides is 1. The Kier molecular flexibility index (Phi) is 7.32. The van der Waals surface area contributed by atoms with E-state index in [9.17, 15) is 4.79 Å². The molecule has 1 aliphatic carbocycles. The first kappa shape index (κ1) is 24.3. The zero-order valence-corrected chi connectivity index (χ0v) is 20.8. The van der Waals surface area contributed by atoms with Gasteiger partial charge in [0.05, 0.1) is 23.1 Å². The number of hydrogen-bond acceptors (Lipinski definition) is 7. The Morgan fingerprint density at radius 2 is 1.62 bits per heavy atom. The minimum absolute atomic E-state index is 0.287. The number of hydrazine groups is 1. The van der Waals surface area contributed by atoms with Crippen molar-refractivity contribution in [1.82, 2.24) is 31.1 Å². The van der Waals surface area contributed by atoms with E-state index in [2.05, 4.69) is 43.6 Å². The highest BCUT2D eigenvalue weighted by Gasteiger charge is 2.40. The lowest BCUT2D eigenvalue weighted by atomic mass is 9.81. The number of carbonyl (C=O) groups excluding carboxylic acids is 1. The third kappa shape index (κ3) is 5.57. The summed E-state index contributed by atoms with van der Waals surface area (Å²) in [6.45, 7) is 0. The van der Waals surface area contributed by atoms with Crippen LogP contribution < -0.4 is 15.9 Å². The maximum Gasteiger partial charge on any atom is 0.271 e. The van der Waals surface area contributed by atoms with E-state index in [1.807, 2.05) is 72.7 Å². The predicted molar refractivity (Wildman–Crippen MR) is 143 cm³/mol. The fourth-order valence-corrected chi connectivity index (χ4v) is 4.76. The number of nitrogens with one attached hydrogen (secondary N) is 2. The maximum atomic E-state index is 12.6. The average molecular weight is 495 g/mol. The number of hydrazone groups is 1. The van der Waals surface area contributed by atoms with E-state index < -0.39 is 5.54 Å². The lowest BCUT2D eigenvalue weighted by Gasteiger charge is -2.40. The van der Waals surface area contributed by atoms with Crippen molar-refractivity contribution < 1.29 is 4.79 Å². The number of para-hydroxylation sites is 1. The molecule has 5 rings (SSSR count). The van der Waals surface area contributed by atoms with Gasteiger partial charge in [-0.25, -0.2) is 10.9 Å². The molecule has 1 heterocycles. The van der Waals surface area contributed by atoms with Crippen molar-refractivity contribution in [3.05, 3.63) is 102 Å². The van der Waals surface area contributed by atoms with Crippen molar-refractivity contribution in [2.75, 3.05) is 12.1 Å². The van der Waals surface area contributed by atoms with Gasteiger partial charge in [-0.05, 0) is 65.2 Å². The molecule has 0 atom stereocenters. The first-order valence-electron chi connectivity index (χ1n) is 12.5. The quantitative estimate of drug-likeness (QED) is 0.281. The number of tetrazole rings is 1. The molecule has 37 heavy (non-hydrogen) atoms. The van der Waals surface area contributed by atoms with E-state index in [1.165, 1.54) is 6.42 Å². The molecule has 1 amide bonds. The van der Waals surface area contributed by atoms with Crippen molar-refractivity contribution in [2.45, 2.75) is 37.6 Å². The SMILES string of the molecule is CN(NC1(c2nnnn2-c2ccc(C(=O)N/N=C\c3ccccc3)cc2)CCCCC1)c1ccccc1. The van der Waals surface area contributed by atoms with Gasteiger partial charge in [0, 0.05) is 12.6 Å². The molecule has 0 saturated heterocycles. The summed E-state index contributed by atoms with van der Waals surface area (Å²) in [6, 6.07) is 27.0. The Morgan fingerprint density at radius 3 is 2.32 bits per heavy atom. The smallest absolute Gasteiger partial charge is 0.271 e. The van der Waals surface area contributed by atoms with Gasteiger partial charge in [0.15, 0.2) is 5.82 Å². The molecule has 0 bridgehead atoms. The summed E-state index contributed by atoms with van der Waals surface area (Å²) in [4.78, 5) is 12.6. The Hall–Kier alpha value is -4.37. The van der Waals surface area contributed by atoms with Crippen LogP contribution in [0.3, 0.4) is 0 Å². The zero-order chi connectivity index (χ0) is 25.5. The van der Waals surface area contributed by atoms with Crippen LogP contribution in [0.15, 0.2) is 90.0 Å². The number of benzene rings is 3. The van der Waals surface area contributed by atoms with Gasteiger partial charge >= 0.3 is 0 Å². The van der Waals surface area contributed by atoms with Crippen molar-refractivity contribution in [1.29, 1.82) is 0 Å². The molecule has 2 N–H and O–H groups in total. The number of hydrogen-bond donors (Lipinski definition) is 2. The summed E-state index contributed by atoms with van der Waals surface area (Å²) in [6.07, 6.45) is 6.82. The first-order chi connectivity index (χ1) is 18.1. The Morgan fingerprint density at radius 1 is 0.946 bits per heavy atom.